The number of aromatic nitrogens is 2. The predicted octanol–water partition coefficient (Wildman–Crippen LogP) is 5.34. The van der Waals surface area contributed by atoms with E-state index in [4.69, 9.17) is 23.2 Å². The molecule has 4 aromatic rings. The highest BCUT2D eigenvalue weighted by Gasteiger charge is 2.33. The molecule has 36 heavy (non-hydrogen) atoms. The third-order valence-electron chi connectivity index (χ3n) is 7.09. The number of anilines is 3. The molecule has 9 heteroatoms. The van der Waals surface area contributed by atoms with Gasteiger partial charge in [0.2, 0.25) is 0 Å². The largest absolute Gasteiger partial charge is 0.369 e. The van der Waals surface area contributed by atoms with E-state index < -0.39 is 0 Å². The van der Waals surface area contributed by atoms with Crippen molar-refractivity contribution in [3.8, 4) is 11.3 Å². The number of piperazine rings is 1. The van der Waals surface area contributed by atoms with Crippen LogP contribution in [0.5, 0.6) is 0 Å². The number of amides is 1. The monoisotopic (exact) mass is 520 g/mol. The molecule has 184 valence electrons. The van der Waals surface area contributed by atoms with Crippen LogP contribution >= 0.6 is 23.2 Å². The molecule has 1 fully saturated rings. The van der Waals surface area contributed by atoms with Gasteiger partial charge < -0.3 is 19.7 Å². The molecule has 2 aromatic heterocycles. The Morgan fingerprint density at radius 2 is 1.61 bits per heavy atom. The standard InChI is InChI=1S/C27H26Cl2N6O/c1-32-10-12-34(13-11-32)18-8-6-17(7-9-18)23-14-19-24-20(15-30-26(19)31-23)27(36)35(16-33(24)2)25-21(28)4-3-5-22(25)29/h3-9,14-15H,10-13,16H2,1-2H3,(H,30,31). The molecule has 6 rings (SSSR count). The summed E-state index contributed by atoms with van der Waals surface area (Å²) in [5, 5.41) is 1.78. The normalized spacial score (nSPS) is 16.7. The number of nitrogens with one attached hydrogen (secondary N) is 1. The molecule has 0 spiro atoms. The first-order valence-corrected chi connectivity index (χ1v) is 12.7. The molecule has 0 atom stereocenters. The minimum absolute atomic E-state index is 0.174. The molecule has 0 aliphatic carbocycles. The lowest BCUT2D eigenvalue weighted by molar-refractivity contribution is 0.0982. The topological polar surface area (TPSA) is 58.7 Å². The first-order chi connectivity index (χ1) is 17.4. The summed E-state index contributed by atoms with van der Waals surface area (Å²) >= 11 is 12.8. The summed E-state index contributed by atoms with van der Waals surface area (Å²) in [5.41, 5.74) is 5.91. The first kappa shape index (κ1) is 23.2. The van der Waals surface area contributed by atoms with E-state index in [0.717, 1.165) is 54.2 Å². The molecule has 7 nitrogen and oxygen atoms in total. The van der Waals surface area contributed by atoms with Gasteiger partial charge in [-0.25, -0.2) is 4.98 Å². The maximum atomic E-state index is 13.5. The van der Waals surface area contributed by atoms with Gasteiger partial charge in [-0.2, -0.15) is 0 Å². The zero-order valence-corrected chi connectivity index (χ0v) is 21.6. The molecule has 1 N–H and O–H groups in total. The number of rotatable bonds is 3. The predicted molar refractivity (Wildman–Crippen MR) is 148 cm³/mol. The van der Waals surface area contributed by atoms with E-state index in [0.29, 0.717) is 28.0 Å². The van der Waals surface area contributed by atoms with Crippen molar-refractivity contribution in [2.24, 2.45) is 0 Å². The number of pyridine rings is 1. The molecule has 4 heterocycles. The second kappa shape index (κ2) is 9.00. The number of benzene rings is 2. The number of nitrogens with zero attached hydrogens (tertiary/aromatic N) is 5. The van der Waals surface area contributed by atoms with Crippen LogP contribution in [0.1, 0.15) is 10.4 Å². The van der Waals surface area contributed by atoms with Gasteiger partial charge in [0.15, 0.2) is 0 Å². The lowest BCUT2D eigenvalue weighted by atomic mass is 10.1. The summed E-state index contributed by atoms with van der Waals surface area (Å²) < 4.78 is 0. The summed E-state index contributed by atoms with van der Waals surface area (Å²) in [6.45, 7) is 4.55. The van der Waals surface area contributed by atoms with Crippen LogP contribution in [0.3, 0.4) is 0 Å². The molecule has 2 aromatic carbocycles. The van der Waals surface area contributed by atoms with Crippen molar-refractivity contribution in [2.45, 2.75) is 0 Å². The van der Waals surface area contributed by atoms with Crippen molar-refractivity contribution in [1.82, 2.24) is 14.9 Å². The number of H-pyrrole nitrogens is 1. The Balaban J connectivity index is 1.34. The zero-order valence-electron chi connectivity index (χ0n) is 20.1. The fourth-order valence-corrected chi connectivity index (χ4v) is 5.71. The van der Waals surface area contributed by atoms with Gasteiger partial charge in [-0.3, -0.25) is 9.69 Å². The Morgan fingerprint density at radius 3 is 2.31 bits per heavy atom. The maximum Gasteiger partial charge on any atom is 0.263 e. The van der Waals surface area contributed by atoms with E-state index >= 15 is 0 Å². The minimum Gasteiger partial charge on any atom is -0.369 e. The van der Waals surface area contributed by atoms with Crippen molar-refractivity contribution >= 4 is 57.2 Å². The number of likely N-dealkylation sites (N-methyl/N-ethyl adjacent to an activating group) is 1. The molecule has 0 unspecified atom stereocenters. The number of hydrogen-bond donors (Lipinski definition) is 1. The average Bonchev–Trinajstić information content (AvgIpc) is 3.31. The van der Waals surface area contributed by atoms with E-state index in [1.165, 1.54) is 5.69 Å². The summed E-state index contributed by atoms with van der Waals surface area (Å²) in [6.07, 6.45) is 1.63. The van der Waals surface area contributed by atoms with E-state index in [1.54, 1.807) is 29.3 Å². The van der Waals surface area contributed by atoms with Crippen LogP contribution in [0.2, 0.25) is 10.0 Å². The Labute approximate surface area is 219 Å². The third kappa shape index (κ3) is 3.88. The van der Waals surface area contributed by atoms with Gasteiger partial charge in [0.1, 0.15) is 5.65 Å². The number of aromatic amines is 1. The fraction of sp³-hybridized carbons (Fsp3) is 0.259. The van der Waals surface area contributed by atoms with Crippen molar-refractivity contribution in [3.05, 3.63) is 70.3 Å². The average molecular weight is 521 g/mol. The SMILES string of the molecule is CN1CCN(c2ccc(-c3cc4c5c(cnc4[nH]3)C(=O)N(c3c(Cl)cccc3Cl)CN5C)cc2)CC1. The van der Waals surface area contributed by atoms with E-state index in [9.17, 15) is 4.79 Å². The van der Waals surface area contributed by atoms with Crippen molar-refractivity contribution < 1.29 is 4.79 Å². The molecule has 2 aliphatic heterocycles. The number of carbonyl (C=O) groups is 1. The highest BCUT2D eigenvalue weighted by atomic mass is 35.5. The lowest BCUT2D eigenvalue weighted by Crippen LogP contribution is -2.45. The van der Waals surface area contributed by atoms with Gasteiger partial charge in [0.05, 0.1) is 33.7 Å². The van der Waals surface area contributed by atoms with Crippen LogP contribution in [0.4, 0.5) is 17.1 Å². The van der Waals surface area contributed by atoms with Crippen molar-refractivity contribution in [2.75, 3.05) is 61.6 Å². The number of halogens is 2. The summed E-state index contributed by atoms with van der Waals surface area (Å²) in [4.78, 5) is 30.0. The fourth-order valence-electron chi connectivity index (χ4n) is 5.11. The van der Waals surface area contributed by atoms with Gasteiger partial charge >= 0.3 is 0 Å². The van der Waals surface area contributed by atoms with Gasteiger partial charge in [-0.15, -0.1) is 0 Å². The Kier molecular flexibility index (Phi) is 5.79. The van der Waals surface area contributed by atoms with Crippen LogP contribution in [-0.4, -0.2) is 67.7 Å². The van der Waals surface area contributed by atoms with Crippen molar-refractivity contribution in [3.63, 3.8) is 0 Å². The van der Waals surface area contributed by atoms with Crippen LogP contribution < -0.4 is 14.7 Å². The molecular weight excluding hydrogens is 495 g/mol. The summed E-state index contributed by atoms with van der Waals surface area (Å²) in [5.74, 6) is -0.174. The summed E-state index contributed by atoms with van der Waals surface area (Å²) in [7, 11) is 4.12. The van der Waals surface area contributed by atoms with Gasteiger partial charge in [-0.1, -0.05) is 41.4 Å². The number of para-hydroxylation sites is 1. The highest BCUT2D eigenvalue weighted by Crippen LogP contribution is 2.40. The quantitative estimate of drug-likeness (QED) is 0.395. The maximum absolute atomic E-state index is 13.5. The van der Waals surface area contributed by atoms with Crippen LogP contribution in [0.15, 0.2) is 54.7 Å². The lowest BCUT2D eigenvalue weighted by Gasteiger charge is -2.36. The Hall–Kier alpha value is -3.26. The van der Waals surface area contributed by atoms with Gasteiger partial charge in [0.25, 0.3) is 5.91 Å². The van der Waals surface area contributed by atoms with E-state index in [1.807, 2.05) is 11.9 Å². The minimum atomic E-state index is -0.174. The number of fused-ring (bicyclic) bond motifs is 3. The van der Waals surface area contributed by atoms with Gasteiger partial charge in [-0.05, 0) is 42.9 Å². The summed E-state index contributed by atoms with van der Waals surface area (Å²) in [6, 6.07) is 16.0. The molecule has 0 radical (unpaired) electrons. The molecule has 0 saturated carbocycles. The molecule has 0 bridgehead atoms. The zero-order chi connectivity index (χ0) is 25.0. The molecular formula is C27H26Cl2N6O. The van der Waals surface area contributed by atoms with Crippen LogP contribution in [-0.2, 0) is 0 Å². The van der Waals surface area contributed by atoms with Crippen LogP contribution in [0.25, 0.3) is 22.3 Å². The smallest absolute Gasteiger partial charge is 0.263 e. The molecule has 1 amide bonds. The molecule has 1 saturated heterocycles. The molecule has 2 aliphatic rings. The Morgan fingerprint density at radius 1 is 0.917 bits per heavy atom. The number of carbonyl (C=O) groups excluding carboxylic acids is 1. The second-order valence-corrected chi connectivity index (χ2v) is 10.3. The second-order valence-electron chi connectivity index (χ2n) is 9.45. The van der Waals surface area contributed by atoms with E-state index in [-0.39, 0.29) is 5.91 Å². The third-order valence-corrected chi connectivity index (χ3v) is 7.70. The first-order valence-electron chi connectivity index (χ1n) is 11.9. The van der Waals surface area contributed by atoms with Crippen LogP contribution in [0, 0.1) is 0 Å². The number of hydrogen-bond acceptors (Lipinski definition) is 5. The van der Waals surface area contributed by atoms with Gasteiger partial charge in [0, 0.05) is 56.2 Å². The Bertz CT molecular complexity index is 1440. The van der Waals surface area contributed by atoms with Crippen molar-refractivity contribution in [1.29, 1.82) is 0 Å². The highest BCUT2D eigenvalue weighted by molar-refractivity contribution is 6.40. The van der Waals surface area contributed by atoms with E-state index in [2.05, 4.69) is 57.1 Å².